The van der Waals surface area contributed by atoms with Crippen molar-refractivity contribution in [1.29, 1.82) is 0 Å². The van der Waals surface area contributed by atoms with Gasteiger partial charge in [0.1, 0.15) is 11.9 Å². The Bertz CT molecular complexity index is 559. The van der Waals surface area contributed by atoms with Crippen LogP contribution in [-0.4, -0.2) is 29.1 Å². The van der Waals surface area contributed by atoms with Crippen LogP contribution in [0, 0.1) is 0 Å². The molecule has 96 valence electrons. The molecule has 3 rings (SSSR count). The number of ether oxygens (including phenoxy) is 2. The lowest BCUT2D eigenvalue weighted by atomic mass is 10.1. The molecule has 0 saturated carbocycles. The van der Waals surface area contributed by atoms with Crippen molar-refractivity contribution in [2.45, 2.75) is 18.9 Å². The van der Waals surface area contributed by atoms with E-state index in [1.165, 1.54) is 0 Å². The molecule has 0 bridgehead atoms. The standard InChI is InChI=1S/C13H17N3O2/c1-16-8-9-6-11(14)13(7-12(9)15-16)18-10-2-4-17-5-3-10/h6-8,10H,2-5,14H2,1H3. The van der Waals surface area contributed by atoms with E-state index in [0.29, 0.717) is 5.69 Å². The number of nitrogens with two attached hydrogens (primary N) is 1. The second-order valence-corrected chi connectivity index (χ2v) is 4.68. The van der Waals surface area contributed by atoms with Gasteiger partial charge in [0, 0.05) is 37.5 Å². The molecule has 2 N–H and O–H groups in total. The summed E-state index contributed by atoms with van der Waals surface area (Å²) < 4.78 is 13.0. The number of aromatic nitrogens is 2. The van der Waals surface area contributed by atoms with Crippen molar-refractivity contribution in [2.24, 2.45) is 7.05 Å². The van der Waals surface area contributed by atoms with Crippen LogP contribution in [0.5, 0.6) is 5.75 Å². The summed E-state index contributed by atoms with van der Waals surface area (Å²) in [6, 6.07) is 3.83. The van der Waals surface area contributed by atoms with Gasteiger partial charge in [-0.2, -0.15) is 5.10 Å². The Morgan fingerprint density at radius 3 is 2.94 bits per heavy atom. The van der Waals surface area contributed by atoms with Gasteiger partial charge in [-0.25, -0.2) is 0 Å². The van der Waals surface area contributed by atoms with Crippen LogP contribution in [0.25, 0.3) is 10.9 Å². The van der Waals surface area contributed by atoms with Gasteiger partial charge >= 0.3 is 0 Å². The van der Waals surface area contributed by atoms with Crippen LogP contribution in [0.4, 0.5) is 5.69 Å². The van der Waals surface area contributed by atoms with Gasteiger partial charge in [-0.3, -0.25) is 4.68 Å². The molecule has 5 heteroatoms. The van der Waals surface area contributed by atoms with Crippen molar-refractivity contribution in [1.82, 2.24) is 9.78 Å². The normalized spacial score (nSPS) is 17.2. The Morgan fingerprint density at radius 2 is 2.17 bits per heavy atom. The molecule has 1 aromatic heterocycles. The predicted octanol–water partition coefficient (Wildman–Crippen LogP) is 1.71. The fourth-order valence-corrected chi connectivity index (χ4v) is 2.27. The highest BCUT2D eigenvalue weighted by atomic mass is 16.5. The molecule has 1 aliphatic heterocycles. The Morgan fingerprint density at radius 1 is 1.39 bits per heavy atom. The molecule has 0 amide bonds. The first-order valence-corrected chi connectivity index (χ1v) is 6.19. The van der Waals surface area contributed by atoms with E-state index in [-0.39, 0.29) is 6.10 Å². The summed E-state index contributed by atoms with van der Waals surface area (Å²) in [7, 11) is 1.90. The van der Waals surface area contributed by atoms with E-state index in [1.807, 2.05) is 25.4 Å². The van der Waals surface area contributed by atoms with Gasteiger partial charge in [0.05, 0.1) is 24.4 Å². The molecule has 1 fully saturated rings. The summed E-state index contributed by atoms with van der Waals surface area (Å²) in [5, 5.41) is 5.40. The van der Waals surface area contributed by atoms with Gasteiger partial charge in [-0.05, 0) is 6.07 Å². The van der Waals surface area contributed by atoms with Crippen molar-refractivity contribution < 1.29 is 9.47 Å². The van der Waals surface area contributed by atoms with Crippen LogP contribution in [0.1, 0.15) is 12.8 Å². The largest absolute Gasteiger partial charge is 0.488 e. The Kier molecular flexibility index (Phi) is 2.83. The van der Waals surface area contributed by atoms with Gasteiger partial charge in [0.25, 0.3) is 0 Å². The van der Waals surface area contributed by atoms with Crippen molar-refractivity contribution >= 4 is 16.6 Å². The third-order valence-corrected chi connectivity index (χ3v) is 3.21. The smallest absolute Gasteiger partial charge is 0.144 e. The molecule has 1 aromatic carbocycles. The van der Waals surface area contributed by atoms with Gasteiger partial charge in [-0.15, -0.1) is 0 Å². The van der Waals surface area contributed by atoms with E-state index in [9.17, 15) is 0 Å². The van der Waals surface area contributed by atoms with E-state index in [2.05, 4.69) is 5.10 Å². The SMILES string of the molecule is Cn1cc2cc(N)c(OC3CCOCC3)cc2n1. The van der Waals surface area contributed by atoms with Crippen LogP contribution < -0.4 is 10.5 Å². The molecule has 0 unspecified atom stereocenters. The third-order valence-electron chi connectivity index (χ3n) is 3.21. The molecule has 1 saturated heterocycles. The molecule has 18 heavy (non-hydrogen) atoms. The number of fused-ring (bicyclic) bond motifs is 1. The minimum absolute atomic E-state index is 0.196. The topological polar surface area (TPSA) is 62.3 Å². The average Bonchev–Trinajstić information content (AvgIpc) is 2.70. The monoisotopic (exact) mass is 247 g/mol. The molecule has 1 aliphatic rings. The molecular formula is C13H17N3O2. The summed E-state index contributed by atoms with van der Waals surface area (Å²) in [5.74, 6) is 0.730. The number of hydrogen-bond acceptors (Lipinski definition) is 4. The van der Waals surface area contributed by atoms with E-state index in [4.69, 9.17) is 15.2 Å². The highest BCUT2D eigenvalue weighted by Crippen LogP contribution is 2.29. The maximum absolute atomic E-state index is 6.02. The maximum atomic E-state index is 6.02. The second-order valence-electron chi connectivity index (χ2n) is 4.68. The van der Waals surface area contributed by atoms with Crippen molar-refractivity contribution in [3.8, 4) is 5.75 Å². The summed E-state index contributed by atoms with van der Waals surface area (Å²) in [4.78, 5) is 0. The number of anilines is 1. The summed E-state index contributed by atoms with van der Waals surface area (Å²) in [6.07, 6.45) is 3.98. The van der Waals surface area contributed by atoms with Crippen molar-refractivity contribution in [2.75, 3.05) is 18.9 Å². The Hall–Kier alpha value is -1.75. The lowest BCUT2D eigenvalue weighted by Gasteiger charge is -2.23. The minimum atomic E-state index is 0.196. The zero-order chi connectivity index (χ0) is 12.5. The molecule has 0 atom stereocenters. The minimum Gasteiger partial charge on any atom is -0.488 e. The van der Waals surface area contributed by atoms with Gasteiger partial charge in [0.2, 0.25) is 0 Å². The lowest BCUT2D eigenvalue weighted by Crippen LogP contribution is -2.26. The lowest BCUT2D eigenvalue weighted by molar-refractivity contribution is 0.0259. The zero-order valence-electron chi connectivity index (χ0n) is 10.4. The van der Waals surface area contributed by atoms with E-state index < -0.39 is 0 Å². The first-order valence-electron chi connectivity index (χ1n) is 6.19. The number of rotatable bonds is 2. The molecule has 0 aliphatic carbocycles. The molecule has 2 aromatic rings. The number of aryl methyl sites for hydroxylation is 1. The molecule has 5 nitrogen and oxygen atoms in total. The van der Waals surface area contributed by atoms with Crippen LogP contribution in [0.3, 0.4) is 0 Å². The van der Waals surface area contributed by atoms with E-state index in [0.717, 1.165) is 42.7 Å². The molecule has 0 radical (unpaired) electrons. The Balaban J connectivity index is 1.88. The number of nitrogen functional groups attached to an aromatic ring is 1. The predicted molar refractivity (Wildman–Crippen MR) is 69.6 cm³/mol. The van der Waals surface area contributed by atoms with Crippen LogP contribution in [-0.2, 0) is 11.8 Å². The first-order chi connectivity index (χ1) is 8.72. The van der Waals surface area contributed by atoms with Crippen molar-refractivity contribution in [3.05, 3.63) is 18.3 Å². The first kappa shape index (κ1) is 11.3. The van der Waals surface area contributed by atoms with Gasteiger partial charge in [0.15, 0.2) is 0 Å². The fourth-order valence-electron chi connectivity index (χ4n) is 2.27. The van der Waals surface area contributed by atoms with Gasteiger partial charge < -0.3 is 15.2 Å². The molecular weight excluding hydrogens is 230 g/mol. The van der Waals surface area contributed by atoms with E-state index >= 15 is 0 Å². The summed E-state index contributed by atoms with van der Waals surface area (Å²) >= 11 is 0. The highest BCUT2D eigenvalue weighted by Gasteiger charge is 2.17. The molecule has 0 spiro atoms. The maximum Gasteiger partial charge on any atom is 0.144 e. The van der Waals surface area contributed by atoms with E-state index in [1.54, 1.807) is 4.68 Å². The number of benzene rings is 1. The molecule has 2 heterocycles. The zero-order valence-corrected chi connectivity index (χ0v) is 10.4. The summed E-state index contributed by atoms with van der Waals surface area (Å²) in [5.41, 5.74) is 7.60. The number of nitrogens with zero attached hydrogens (tertiary/aromatic N) is 2. The Labute approximate surface area is 105 Å². The quantitative estimate of drug-likeness (QED) is 0.821. The second kappa shape index (κ2) is 4.49. The number of hydrogen-bond donors (Lipinski definition) is 1. The van der Waals surface area contributed by atoms with Crippen LogP contribution in [0.15, 0.2) is 18.3 Å². The third kappa shape index (κ3) is 2.13. The van der Waals surface area contributed by atoms with Crippen LogP contribution in [0.2, 0.25) is 0 Å². The highest BCUT2D eigenvalue weighted by molar-refractivity contribution is 5.84. The van der Waals surface area contributed by atoms with Gasteiger partial charge in [-0.1, -0.05) is 0 Å². The summed E-state index contributed by atoms with van der Waals surface area (Å²) in [6.45, 7) is 1.52. The average molecular weight is 247 g/mol. The van der Waals surface area contributed by atoms with Crippen molar-refractivity contribution in [3.63, 3.8) is 0 Å². The van der Waals surface area contributed by atoms with Crippen LogP contribution >= 0.6 is 0 Å². The fraction of sp³-hybridized carbons (Fsp3) is 0.462.